The van der Waals surface area contributed by atoms with Gasteiger partial charge in [0, 0.05) is 30.3 Å². The molecule has 1 saturated heterocycles. The first kappa shape index (κ1) is 15.9. The number of carboxylic acid groups (broad SMARTS) is 1. The SMILES string of the molecule is Cc1cn(CC2CCCCO2)c2cc(C(=O)O)ccc12.Cl. The molecule has 1 fully saturated rings. The van der Waals surface area contributed by atoms with E-state index < -0.39 is 5.97 Å². The average molecular weight is 310 g/mol. The number of benzene rings is 1. The second kappa shape index (κ2) is 6.50. The number of rotatable bonds is 3. The fourth-order valence-electron chi connectivity index (χ4n) is 2.93. The highest BCUT2D eigenvalue weighted by molar-refractivity contribution is 5.94. The third-order valence-corrected chi connectivity index (χ3v) is 4.00. The van der Waals surface area contributed by atoms with Crippen LogP contribution in [0.15, 0.2) is 24.4 Å². The standard InChI is InChI=1S/C16H19NO3.ClH/c1-11-9-17(10-13-4-2-3-7-20-13)15-8-12(16(18)19)5-6-14(11)15;/h5-6,8-9,13H,2-4,7,10H2,1H3,(H,18,19);1H. The van der Waals surface area contributed by atoms with Crippen molar-refractivity contribution >= 4 is 29.3 Å². The molecule has 2 heterocycles. The second-order valence-electron chi connectivity index (χ2n) is 5.49. The fourth-order valence-corrected chi connectivity index (χ4v) is 2.93. The molecule has 1 unspecified atom stereocenters. The molecule has 0 radical (unpaired) electrons. The lowest BCUT2D eigenvalue weighted by Crippen LogP contribution is -2.24. The molecule has 114 valence electrons. The Morgan fingerprint density at radius 3 is 2.90 bits per heavy atom. The first-order valence-electron chi connectivity index (χ1n) is 7.09. The zero-order valence-electron chi connectivity index (χ0n) is 12.0. The Labute approximate surface area is 130 Å². The van der Waals surface area contributed by atoms with Gasteiger partial charge in [-0.05, 0) is 43.9 Å². The highest BCUT2D eigenvalue weighted by atomic mass is 35.5. The van der Waals surface area contributed by atoms with Gasteiger partial charge in [-0.2, -0.15) is 0 Å². The molecule has 0 amide bonds. The van der Waals surface area contributed by atoms with Crippen LogP contribution in [-0.4, -0.2) is 28.4 Å². The van der Waals surface area contributed by atoms with E-state index >= 15 is 0 Å². The molecule has 2 aromatic rings. The largest absolute Gasteiger partial charge is 0.478 e. The first-order chi connectivity index (χ1) is 9.65. The lowest BCUT2D eigenvalue weighted by molar-refractivity contribution is 0.00669. The van der Waals surface area contributed by atoms with Crippen molar-refractivity contribution in [1.29, 1.82) is 0 Å². The van der Waals surface area contributed by atoms with Crippen LogP contribution in [0.2, 0.25) is 0 Å². The molecular weight excluding hydrogens is 290 g/mol. The maximum atomic E-state index is 11.1. The summed E-state index contributed by atoms with van der Waals surface area (Å²) in [6.07, 6.45) is 5.77. The molecule has 1 N–H and O–H groups in total. The molecule has 0 spiro atoms. The average Bonchev–Trinajstić information content (AvgIpc) is 2.76. The summed E-state index contributed by atoms with van der Waals surface area (Å²) in [6.45, 7) is 3.69. The Morgan fingerprint density at radius 2 is 2.24 bits per heavy atom. The van der Waals surface area contributed by atoms with E-state index in [4.69, 9.17) is 9.84 Å². The Morgan fingerprint density at radius 1 is 1.43 bits per heavy atom. The summed E-state index contributed by atoms with van der Waals surface area (Å²) in [7, 11) is 0. The number of hydrogen-bond acceptors (Lipinski definition) is 2. The highest BCUT2D eigenvalue weighted by Gasteiger charge is 2.16. The zero-order chi connectivity index (χ0) is 14.1. The molecule has 4 nitrogen and oxygen atoms in total. The Bertz CT molecular complexity index is 644. The normalized spacial score (nSPS) is 18.4. The zero-order valence-corrected chi connectivity index (χ0v) is 12.9. The first-order valence-corrected chi connectivity index (χ1v) is 7.09. The molecule has 21 heavy (non-hydrogen) atoms. The smallest absolute Gasteiger partial charge is 0.335 e. The van der Waals surface area contributed by atoms with E-state index in [1.165, 1.54) is 12.0 Å². The molecule has 5 heteroatoms. The molecule has 0 bridgehead atoms. The van der Waals surface area contributed by atoms with Crippen molar-refractivity contribution in [1.82, 2.24) is 4.57 Å². The minimum atomic E-state index is -0.883. The van der Waals surface area contributed by atoms with Gasteiger partial charge in [-0.1, -0.05) is 6.07 Å². The Kier molecular flexibility index (Phi) is 4.91. The summed E-state index contributed by atoms with van der Waals surface area (Å²) < 4.78 is 7.91. The molecular formula is C16H20ClNO3. The van der Waals surface area contributed by atoms with Crippen molar-refractivity contribution in [2.75, 3.05) is 6.61 Å². The summed E-state index contributed by atoms with van der Waals surface area (Å²) >= 11 is 0. The fraction of sp³-hybridized carbons (Fsp3) is 0.438. The Balaban J connectivity index is 0.00000161. The predicted octanol–water partition coefficient (Wildman–Crippen LogP) is 3.64. The minimum absolute atomic E-state index is 0. The van der Waals surface area contributed by atoms with Gasteiger partial charge < -0.3 is 14.4 Å². The molecule has 3 rings (SSSR count). The maximum absolute atomic E-state index is 11.1. The molecule has 1 aliphatic heterocycles. The molecule has 1 atom stereocenters. The molecule has 0 aliphatic carbocycles. The molecule has 1 aromatic carbocycles. The van der Waals surface area contributed by atoms with Gasteiger partial charge in [0.15, 0.2) is 0 Å². The second-order valence-corrected chi connectivity index (χ2v) is 5.49. The number of halogens is 1. The van der Waals surface area contributed by atoms with Crippen molar-refractivity contribution in [3.05, 3.63) is 35.5 Å². The monoisotopic (exact) mass is 309 g/mol. The quantitative estimate of drug-likeness (QED) is 0.941. The predicted molar refractivity (Wildman–Crippen MR) is 84.5 cm³/mol. The summed E-state index contributed by atoms with van der Waals surface area (Å²) in [5, 5.41) is 10.2. The van der Waals surface area contributed by atoms with Crippen LogP contribution in [0.25, 0.3) is 10.9 Å². The van der Waals surface area contributed by atoms with Gasteiger partial charge in [0.1, 0.15) is 0 Å². The van der Waals surface area contributed by atoms with Crippen LogP contribution in [0, 0.1) is 6.92 Å². The van der Waals surface area contributed by atoms with Gasteiger partial charge in [0.05, 0.1) is 11.7 Å². The van der Waals surface area contributed by atoms with Gasteiger partial charge in [-0.25, -0.2) is 4.79 Å². The number of hydrogen-bond donors (Lipinski definition) is 1. The lowest BCUT2D eigenvalue weighted by atomic mass is 10.1. The number of aromatic nitrogens is 1. The number of carbonyl (C=O) groups is 1. The van der Waals surface area contributed by atoms with Crippen molar-refractivity contribution in [2.24, 2.45) is 0 Å². The van der Waals surface area contributed by atoms with Crippen LogP contribution in [0.1, 0.15) is 35.2 Å². The van der Waals surface area contributed by atoms with Crippen molar-refractivity contribution in [3.63, 3.8) is 0 Å². The van der Waals surface area contributed by atoms with Crippen molar-refractivity contribution in [2.45, 2.75) is 38.8 Å². The van der Waals surface area contributed by atoms with E-state index in [0.29, 0.717) is 5.56 Å². The lowest BCUT2D eigenvalue weighted by Gasteiger charge is -2.23. The van der Waals surface area contributed by atoms with E-state index in [-0.39, 0.29) is 18.5 Å². The highest BCUT2D eigenvalue weighted by Crippen LogP contribution is 2.24. The van der Waals surface area contributed by atoms with Gasteiger partial charge in [-0.15, -0.1) is 12.4 Å². The van der Waals surface area contributed by atoms with Gasteiger partial charge in [0.2, 0.25) is 0 Å². The van der Waals surface area contributed by atoms with Crippen LogP contribution in [0.5, 0.6) is 0 Å². The van der Waals surface area contributed by atoms with Gasteiger partial charge in [-0.3, -0.25) is 0 Å². The van der Waals surface area contributed by atoms with E-state index in [2.05, 4.69) is 17.7 Å². The van der Waals surface area contributed by atoms with Gasteiger partial charge in [0.25, 0.3) is 0 Å². The van der Waals surface area contributed by atoms with E-state index in [1.807, 2.05) is 6.07 Å². The van der Waals surface area contributed by atoms with Crippen LogP contribution < -0.4 is 0 Å². The van der Waals surface area contributed by atoms with E-state index in [9.17, 15) is 4.79 Å². The molecule has 0 saturated carbocycles. The minimum Gasteiger partial charge on any atom is -0.478 e. The van der Waals surface area contributed by atoms with Crippen LogP contribution >= 0.6 is 12.4 Å². The number of ether oxygens (including phenoxy) is 1. The third kappa shape index (κ3) is 3.22. The number of carboxylic acids is 1. The number of nitrogens with zero attached hydrogens (tertiary/aromatic N) is 1. The Hall–Kier alpha value is -1.52. The van der Waals surface area contributed by atoms with Crippen LogP contribution in [-0.2, 0) is 11.3 Å². The van der Waals surface area contributed by atoms with Crippen molar-refractivity contribution < 1.29 is 14.6 Å². The maximum Gasteiger partial charge on any atom is 0.335 e. The van der Waals surface area contributed by atoms with Crippen molar-refractivity contribution in [3.8, 4) is 0 Å². The molecule has 1 aliphatic rings. The summed E-state index contributed by atoms with van der Waals surface area (Å²) in [5.74, 6) is -0.883. The third-order valence-electron chi connectivity index (χ3n) is 4.00. The van der Waals surface area contributed by atoms with Crippen LogP contribution in [0.3, 0.4) is 0 Å². The summed E-state index contributed by atoms with van der Waals surface area (Å²) in [6, 6.07) is 5.32. The van der Waals surface area contributed by atoms with E-state index in [1.54, 1.807) is 12.1 Å². The topological polar surface area (TPSA) is 51.5 Å². The van der Waals surface area contributed by atoms with Crippen LogP contribution in [0.4, 0.5) is 0 Å². The number of fused-ring (bicyclic) bond motifs is 1. The van der Waals surface area contributed by atoms with Gasteiger partial charge >= 0.3 is 5.97 Å². The summed E-state index contributed by atoms with van der Waals surface area (Å²) in [4.78, 5) is 11.1. The van der Waals surface area contributed by atoms with E-state index in [0.717, 1.165) is 36.9 Å². The summed E-state index contributed by atoms with van der Waals surface area (Å²) in [5.41, 5.74) is 2.49. The number of aromatic carboxylic acids is 1. The molecule has 1 aromatic heterocycles. The number of aryl methyl sites for hydroxylation is 1.